The first-order valence-corrected chi connectivity index (χ1v) is 7.89. The van der Waals surface area contributed by atoms with Crippen LogP contribution in [0.4, 0.5) is 0 Å². The van der Waals surface area contributed by atoms with Crippen LogP contribution in [0.5, 0.6) is 5.75 Å². The van der Waals surface area contributed by atoms with Crippen LogP contribution in [0.3, 0.4) is 0 Å². The number of para-hydroxylation sites is 1. The third-order valence-electron chi connectivity index (χ3n) is 3.47. The van der Waals surface area contributed by atoms with Crippen LogP contribution in [0, 0.1) is 0 Å². The molecule has 6 heteroatoms. The molecule has 1 aromatic rings. The zero-order chi connectivity index (χ0) is 13.9. The van der Waals surface area contributed by atoms with Crippen LogP contribution in [-0.4, -0.2) is 57.5 Å². The van der Waals surface area contributed by atoms with E-state index in [1.807, 2.05) is 0 Å². The van der Waals surface area contributed by atoms with Crippen LogP contribution in [0.15, 0.2) is 29.2 Å². The van der Waals surface area contributed by atoms with Crippen molar-refractivity contribution in [2.24, 2.45) is 0 Å². The van der Waals surface area contributed by atoms with Gasteiger partial charge >= 0.3 is 0 Å². The molecule has 0 bridgehead atoms. The van der Waals surface area contributed by atoms with E-state index in [4.69, 9.17) is 4.74 Å². The molecule has 106 valence electrons. The van der Waals surface area contributed by atoms with E-state index in [1.165, 1.54) is 11.4 Å². The van der Waals surface area contributed by atoms with E-state index < -0.39 is 10.0 Å². The van der Waals surface area contributed by atoms with E-state index in [-0.39, 0.29) is 4.90 Å². The summed E-state index contributed by atoms with van der Waals surface area (Å²) in [5.41, 5.74) is 0. The second-order valence-electron chi connectivity index (χ2n) is 4.49. The number of benzene rings is 1. The number of likely N-dealkylation sites (N-methyl/N-ethyl adjacent to an activating group) is 1. The number of rotatable bonds is 4. The highest BCUT2D eigenvalue weighted by atomic mass is 32.2. The molecule has 1 fully saturated rings. The Balaban J connectivity index is 2.23. The quantitative estimate of drug-likeness (QED) is 0.828. The summed E-state index contributed by atoms with van der Waals surface area (Å²) in [6.07, 6.45) is 0. The lowest BCUT2D eigenvalue weighted by atomic mass is 10.3. The molecule has 0 amide bonds. The molecule has 0 aromatic heterocycles. The second-order valence-corrected chi connectivity index (χ2v) is 6.40. The molecule has 1 saturated heterocycles. The smallest absolute Gasteiger partial charge is 0.246 e. The number of methoxy groups -OCH3 is 1. The fourth-order valence-corrected chi connectivity index (χ4v) is 3.84. The van der Waals surface area contributed by atoms with Crippen molar-refractivity contribution in [1.29, 1.82) is 0 Å². The molecule has 0 atom stereocenters. The number of sulfonamides is 1. The molecule has 0 saturated carbocycles. The molecule has 0 spiro atoms. The van der Waals surface area contributed by atoms with Gasteiger partial charge in [0.1, 0.15) is 10.6 Å². The predicted molar refractivity (Wildman–Crippen MR) is 73.9 cm³/mol. The average molecular weight is 284 g/mol. The Hall–Kier alpha value is -1.11. The van der Waals surface area contributed by atoms with Gasteiger partial charge in [-0.05, 0) is 18.7 Å². The molecule has 0 unspecified atom stereocenters. The molecule has 5 nitrogen and oxygen atoms in total. The Bertz CT molecular complexity index is 522. The Labute approximate surface area is 114 Å². The number of ether oxygens (including phenoxy) is 1. The summed E-state index contributed by atoms with van der Waals surface area (Å²) in [6, 6.07) is 6.76. The van der Waals surface area contributed by atoms with Gasteiger partial charge in [-0.15, -0.1) is 0 Å². The zero-order valence-electron chi connectivity index (χ0n) is 11.4. The first-order chi connectivity index (χ1) is 9.09. The van der Waals surface area contributed by atoms with Crippen molar-refractivity contribution < 1.29 is 13.2 Å². The number of piperazine rings is 1. The molecule has 0 aliphatic carbocycles. The molecule has 1 aromatic carbocycles. The summed E-state index contributed by atoms with van der Waals surface area (Å²) in [5, 5.41) is 0. The van der Waals surface area contributed by atoms with E-state index in [2.05, 4.69) is 11.8 Å². The van der Waals surface area contributed by atoms with Gasteiger partial charge in [0.25, 0.3) is 0 Å². The van der Waals surface area contributed by atoms with Crippen molar-refractivity contribution >= 4 is 10.0 Å². The summed E-state index contributed by atoms with van der Waals surface area (Å²) >= 11 is 0. The lowest BCUT2D eigenvalue weighted by Crippen LogP contribution is -2.48. The zero-order valence-corrected chi connectivity index (χ0v) is 12.2. The van der Waals surface area contributed by atoms with E-state index in [1.54, 1.807) is 24.3 Å². The maximum absolute atomic E-state index is 12.6. The number of nitrogens with zero attached hydrogens (tertiary/aromatic N) is 2. The summed E-state index contributed by atoms with van der Waals surface area (Å²) in [5.74, 6) is 0.403. The van der Waals surface area contributed by atoms with E-state index in [9.17, 15) is 8.42 Å². The molecule has 2 rings (SSSR count). The minimum absolute atomic E-state index is 0.252. The monoisotopic (exact) mass is 284 g/mol. The maximum Gasteiger partial charge on any atom is 0.246 e. The molecule has 19 heavy (non-hydrogen) atoms. The minimum Gasteiger partial charge on any atom is -0.495 e. The van der Waals surface area contributed by atoms with Crippen molar-refractivity contribution in [2.45, 2.75) is 11.8 Å². The van der Waals surface area contributed by atoms with Crippen molar-refractivity contribution in [3.63, 3.8) is 0 Å². The third-order valence-corrected chi connectivity index (χ3v) is 5.40. The molecular formula is C13H20N2O3S. The van der Waals surface area contributed by atoms with Gasteiger partial charge < -0.3 is 9.64 Å². The highest BCUT2D eigenvalue weighted by Gasteiger charge is 2.30. The van der Waals surface area contributed by atoms with Crippen molar-refractivity contribution in [3.8, 4) is 5.75 Å². The molecule has 1 aliphatic heterocycles. The first-order valence-electron chi connectivity index (χ1n) is 6.45. The van der Waals surface area contributed by atoms with Crippen LogP contribution >= 0.6 is 0 Å². The Morgan fingerprint density at radius 2 is 1.79 bits per heavy atom. The van der Waals surface area contributed by atoms with Crippen LogP contribution < -0.4 is 4.74 Å². The Morgan fingerprint density at radius 3 is 2.37 bits per heavy atom. The van der Waals surface area contributed by atoms with Gasteiger partial charge in [-0.1, -0.05) is 19.1 Å². The van der Waals surface area contributed by atoms with Gasteiger partial charge in [-0.2, -0.15) is 4.31 Å². The fraction of sp³-hybridized carbons (Fsp3) is 0.538. The van der Waals surface area contributed by atoms with Crippen molar-refractivity contribution in [1.82, 2.24) is 9.21 Å². The predicted octanol–water partition coefficient (Wildman–Crippen LogP) is 1.02. The standard InChI is InChI=1S/C13H20N2O3S/c1-3-14-8-10-15(11-9-14)19(16,17)13-7-5-4-6-12(13)18-2/h4-7H,3,8-11H2,1-2H3. The summed E-state index contributed by atoms with van der Waals surface area (Å²) in [7, 11) is -1.97. The maximum atomic E-state index is 12.6. The average Bonchev–Trinajstić information content (AvgIpc) is 2.47. The van der Waals surface area contributed by atoms with Gasteiger partial charge in [-0.25, -0.2) is 8.42 Å². The molecular weight excluding hydrogens is 264 g/mol. The molecule has 0 radical (unpaired) electrons. The lowest BCUT2D eigenvalue weighted by Gasteiger charge is -2.33. The van der Waals surface area contributed by atoms with Crippen LogP contribution in [-0.2, 0) is 10.0 Å². The summed E-state index contributed by atoms with van der Waals surface area (Å²) in [4.78, 5) is 2.50. The van der Waals surface area contributed by atoms with Crippen LogP contribution in [0.2, 0.25) is 0 Å². The highest BCUT2D eigenvalue weighted by molar-refractivity contribution is 7.89. The van der Waals surface area contributed by atoms with E-state index in [0.717, 1.165) is 19.6 Å². The van der Waals surface area contributed by atoms with Crippen molar-refractivity contribution in [3.05, 3.63) is 24.3 Å². The number of hydrogen-bond donors (Lipinski definition) is 0. The Morgan fingerprint density at radius 1 is 1.16 bits per heavy atom. The third kappa shape index (κ3) is 2.91. The lowest BCUT2D eigenvalue weighted by molar-refractivity contribution is 0.196. The summed E-state index contributed by atoms with van der Waals surface area (Å²) in [6.45, 7) is 5.69. The second kappa shape index (κ2) is 5.90. The SMILES string of the molecule is CCN1CCN(S(=O)(=O)c2ccccc2OC)CC1. The largest absolute Gasteiger partial charge is 0.495 e. The van der Waals surface area contributed by atoms with E-state index in [0.29, 0.717) is 18.8 Å². The van der Waals surface area contributed by atoms with Gasteiger partial charge in [0.15, 0.2) is 0 Å². The minimum atomic E-state index is -3.45. The van der Waals surface area contributed by atoms with Crippen LogP contribution in [0.25, 0.3) is 0 Å². The number of hydrogen-bond acceptors (Lipinski definition) is 4. The Kier molecular flexibility index (Phi) is 4.44. The molecule has 1 heterocycles. The summed E-state index contributed by atoms with van der Waals surface area (Å²) < 4.78 is 31.9. The highest BCUT2D eigenvalue weighted by Crippen LogP contribution is 2.26. The van der Waals surface area contributed by atoms with Gasteiger partial charge in [0, 0.05) is 26.2 Å². The first kappa shape index (κ1) is 14.3. The fourth-order valence-electron chi connectivity index (χ4n) is 2.26. The van der Waals surface area contributed by atoms with Crippen LogP contribution in [0.1, 0.15) is 6.92 Å². The normalized spacial score (nSPS) is 18.4. The van der Waals surface area contributed by atoms with E-state index >= 15 is 0 Å². The topological polar surface area (TPSA) is 49.9 Å². The van der Waals surface area contributed by atoms with Crippen molar-refractivity contribution in [2.75, 3.05) is 39.8 Å². The molecule has 1 aliphatic rings. The molecule has 0 N–H and O–H groups in total. The van der Waals surface area contributed by atoms with Gasteiger partial charge in [0.05, 0.1) is 7.11 Å². The van der Waals surface area contributed by atoms with Gasteiger partial charge in [-0.3, -0.25) is 0 Å². The van der Waals surface area contributed by atoms with Gasteiger partial charge in [0.2, 0.25) is 10.0 Å².